The van der Waals surface area contributed by atoms with Crippen molar-refractivity contribution in [3.05, 3.63) is 18.5 Å². The summed E-state index contributed by atoms with van der Waals surface area (Å²) >= 11 is 0. The standard InChI is InChI=1S/C11H21N3O/c1-3-11(10-15,12-2)6-4-8-14-9-5-7-13-14/h5,7,9,12,15H,3-4,6,8,10H2,1-2H3. The van der Waals surface area contributed by atoms with Gasteiger partial charge < -0.3 is 10.4 Å². The van der Waals surface area contributed by atoms with E-state index >= 15 is 0 Å². The normalized spacial score (nSPS) is 15.1. The van der Waals surface area contributed by atoms with Gasteiger partial charge in [0.2, 0.25) is 0 Å². The molecule has 0 aromatic carbocycles. The first-order valence-electron chi connectivity index (χ1n) is 5.53. The Balaban J connectivity index is 2.34. The van der Waals surface area contributed by atoms with Crippen LogP contribution in [0, 0.1) is 0 Å². The highest BCUT2D eigenvalue weighted by molar-refractivity contribution is 4.85. The first-order chi connectivity index (χ1) is 7.26. The van der Waals surface area contributed by atoms with Gasteiger partial charge in [0.1, 0.15) is 0 Å². The van der Waals surface area contributed by atoms with Crippen LogP contribution in [-0.4, -0.2) is 34.1 Å². The summed E-state index contributed by atoms with van der Waals surface area (Å²) in [5, 5.41) is 16.7. The molecular weight excluding hydrogens is 190 g/mol. The van der Waals surface area contributed by atoms with Gasteiger partial charge in [0.15, 0.2) is 0 Å². The number of nitrogens with one attached hydrogen (secondary N) is 1. The van der Waals surface area contributed by atoms with Crippen LogP contribution in [0.25, 0.3) is 0 Å². The van der Waals surface area contributed by atoms with Crippen LogP contribution in [0.4, 0.5) is 0 Å². The van der Waals surface area contributed by atoms with Crippen LogP contribution in [0.1, 0.15) is 26.2 Å². The van der Waals surface area contributed by atoms with Crippen molar-refractivity contribution < 1.29 is 5.11 Å². The molecule has 0 aliphatic rings. The van der Waals surface area contributed by atoms with E-state index in [-0.39, 0.29) is 12.1 Å². The predicted molar refractivity (Wildman–Crippen MR) is 60.6 cm³/mol. The summed E-state index contributed by atoms with van der Waals surface area (Å²) in [6.07, 6.45) is 6.69. The van der Waals surface area contributed by atoms with Gasteiger partial charge in [0.25, 0.3) is 0 Å². The number of likely N-dealkylation sites (N-methyl/N-ethyl adjacent to an activating group) is 1. The molecule has 0 saturated heterocycles. The molecular formula is C11H21N3O. The van der Waals surface area contributed by atoms with Crippen molar-refractivity contribution in [1.29, 1.82) is 0 Å². The third-order valence-corrected chi connectivity index (χ3v) is 3.11. The molecule has 0 saturated carbocycles. The molecule has 15 heavy (non-hydrogen) atoms. The van der Waals surface area contributed by atoms with E-state index in [1.165, 1.54) is 0 Å². The van der Waals surface area contributed by atoms with Gasteiger partial charge in [-0.3, -0.25) is 4.68 Å². The zero-order valence-corrected chi connectivity index (χ0v) is 9.61. The fourth-order valence-electron chi connectivity index (χ4n) is 1.76. The number of aromatic nitrogens is 2. The van der Waals surface area contributed by atoms with Crippen LogP contribution in [0.2, 0.25) is 0 Å². The molecule has 0 amide bonds. The van der Waals surface area contributed by atoms with Gasteiger partial charge in [-0.1, -0.05) is 6.92 Å². The van der Waals surface area contributed by atoms with Gasteiger partial charge in [-0.05, 0) is 32.4 Å². The average molecular weight is 211 g/mol. The van der Waals surface area contributed by atoms with Crippen molar-refractivity contribution in [2.24, 2.45) is 0 Å². The Labute approximate surface area is 91.3 Å². The topological polar surface area (TPSA) is 50.1 Å². The average Bonchev–Trinajstić information content (AvgIpc) is 2.78. The maximum atomic E-state index is 9.35. The highest BCUT2D eigenvalue weighted by atomic mass is 16.3. The lowest BCUT2D eigenvalue weighted by molar-refractivity contribution is 0.150. The van der Waals surface area contributed by atoms with Crippen LogP contribution >= 0.6 is 0 Å². The van der Waals surface area contributed by atoms with Crippen molar-refractivity contribution in [2.45, 2.75) is 38.3 Å². The number of aliphatic hydroxyl groups excluding tert-OH is 1. The van der Waals surface area contributed by atoms with Gasteiger partial charge >= 0.3 is 0 Å². The van der Waals surface area contributed by atoms with Gasteiger partial charge in [0.05, 0.1) is 6.61 Å². The molecule has 1 aromatic rings. The minimum atomic E-state index is -0.118. The predicted octanol–water partition coefficient (Wildman–Crippen LogP) is 1.02. The lowest BCUT2D eigenvalue weighted by atomic mass is 9.91. The Morgan fingerprint density at radius 2 is 2.33 bits per heavy atom. The van der Waals surface area contributed by atoms with Gasteiger partial charge in [0, 0.05) is 24.5 Å². The Hall–Kier alpha value is -0.870. The third kappa shape index (κ3) is 3.32. The summed E-state index contributed by atoms with van der Waals surface area (Å²) in [4.78, 5) is 0. The molecule has 1 atom stereocenters. The monoisotopic (exact) mass is 211 g/mol. The number of aryl methyl sites for hydroxylation is 1. The largest absolute Gasteiger partial charge is 0.394 e. The van der Waals surface area contributed by atoms with E-state index in [9.17, 15) is 5.11 Å². The van der Waals surface area contributed by atoms with E-state index in [2.05, 4.69) is 17.3 Å². The molecule has 1 aromatic heterocycles. The molecule has 0 fully saturated rings. The zero-order valence-electron chi connectivity index (χ0n) is 9.61. The maximum Gasteiger partial charge on any atom is 0.0613 e. The van der Waals surface area contributed by atoms with E-state index in [0.29, 0.717) is 0 Å². The molecule has 4 heteroatoms. The van der Waals surface area contributed by atoms with Crippen molar-refractivity contribution in [1.82, 2.24) is 15.1 Å². The number of aliphatic hydroxyl groups is 1. The highest BCUT2D eigenvalue weighted by Crippen LogP contribution is 2.16. The lowest BCUT2D eigenvalue weighted by Gasteiger charge is -2.30. The Morgan fingerprint density at radius 1 is 1.53 bits per heavy atom. The summed E-state index contributed by atoms with van der Waals surface area (Å²) in [5.41, 5.74) is -0.118. The van der Waals surface area contributed by atoms with Gasteiger partial charge in [-0.2, -0.15) is 5.10 Å². The first kappa shape index (κ1) is 12.2. The molecule has 0 aliphatic carbocycles. The third-order valence-electron chi connectivity index (χ3n) is 3.11. The van der Waals surface area contributed by atoms with Crippen molar-refractivity contribution >= 4 is 0 Å². The van der Waals surface area contributed by atoms with Crippen LogP contribution in [0.3, 0.4) is 0 Å². The Bertz CT molecular complexity index is 247. The number of rotatable bonds is 7. The Morgan fingerprint density at radius 3 is 2.80 bits per heavy atom. The molecule has 0 aliphatic heterocycles. The molecule has 1 unspecified atom stereocenters. The van der Waals surface area contributed by atoms with E-state index in [0.717, 1.165) is 25.8 Å². The SMILES string of the molecule is CCC(CO)(CCCn1cccn1)NC. The van der Waals surface area contributed by atoms with Crippen LogP contribution in [-0.2, 0) is 6.54 Å². The fraction of sp³-hybridized carbons (Fsp3) is 0.727. The van der Waals surface area contributed by atoms with Crippen molar-refractivity contribution in [3.63, 3.8) is 0 Å². The quantitative estimate of drug-likeness (QED) is 0.708. The molecule has 2 N–H and O–H groups in total. The second-order valence-corrected chi connectivity index (χ2v) is 3.91. The molecule has 86 valence electrons. The summed E-state index contributed by atoms with van der Waals surface area (Å²) in [6.45, 7) is 3.20. The number of hydrogen-bond donors (Lipinski definition) is 2. The second-order valence-electron chi connectivity index (χ2n) is 3.91. The minimum Gasteiger partial charge on any atom is -0.394 e. The summed E-state index contributed by atoms with van der Waals surface area (Å²) in [7, 11) is 1.91. The zero-order chi connectivity index (χ0) is 11.1. The van der Waals surface area contributed by atoms with Crippen LogP contribution < -0.4 is 5.32 Å². The fourth-order valence-corrected chi connectivity index (χ4v) is 1.76. The van der Waals surface area contributed by atoms with E-state index in [4.69, 9.17) is 0 Å². The first-order valence-corrected chi connectivity index (χ1v) is 5.53. The number of nitrogens with zero attached hydrogens (tertiary/aromatic N) is 2. The molecule has 4 nitrogen and oxygen atoms in total. The smallest absolute Gasteiger partial charge is 0.0613 e. The molecule has 0 bridgehead atoms. The lowest BCUT2D eigenvalue weighted by Crippen LogP contribution is -2.46. The van der Waals surface area contributed by atoms with E-state index < -0.39 is 0 Å². The van der Waals surface area contributed by atoms with Gasteiger partial charge in [-0.15, -0.1) is 0 Å². The summed E-state index contributed by atoms with van der Waals surface area (Å²) < 4.78 is 1.92. The van der Waals surface area contributed by atoms with Gasteiger partial charge in [-0.25, -0.2) is 0 Å². The summed E-state index contributed by atoms with van der Waals surface area (Å²) in [5.74, 6) is 0. The van der Waals surface area contributed by atoms with E-state index in [1.54, 1.807) is 6.20 Å². The van der Waals surface area contributed by atoms with E-state index in [1.807, 2.05) is 24.0 Å². The Kier molecular flexibility index (Phi) is 4.78. The van der Waals surface area contributed by atoms with Crippen LogP contribution in [0.15, 0.2) is 18.5 Å². The van der Waals surface area contributed by atoms with Crippen molar-refractivity contribution in [3.8, 4) is 0 Å². The molecule has 1 rings (SSSR count). The van der Waals surface area contributed by atoms with Crippen molar-refractivity contribution in [2.75, 3.05) is 13.7 Å². The molecule has 0 spiro atoms. The highest BCUT2D eigenvalue weighted by Gasteiger charge is 2.24. The molecule has 0 radical (unpaired) electrons. The summed E-state index contributed by atoms with van der Waals surface area (Å²) in [6, 6.07) is 1.93. The van der Waals surface area contributed by atoms with Crippen LogP contribution in [0.5, 0.6) is 0 Å². The number of hydrogen-bond acceptors (Lipinski definition) is 3. The molecule has 1 heterocycles. The second kappa shape index (κ2) is 5.88. The minimum absolute atomic E-state index is 0.118. The maximum absolute atomic E-state index is 9.35.